The van der Waals surface area contributed by atoms with E-state index in [2.05, 4.69) is 21.3 Å². The molecule has 0 radical (unpaired) electrons. The lowest BCUT2D eigenvalue weighted by Gasteiger charge is -2.34. The molecule has 1 aliphatic carbocycles. The number of cyclic esters (lactones) is 1. The van der Waals surface area contributed by atoms with Crippen molar-refractivity contribution in [3.8, 4) is 0 Å². The van der Waals surface area contributed by atoms with E-state index >= 15 is 0 Å². The molecule has 5 rings (SSSR count). The Morgan fingerprint density at radius 3 is 2.02 bits per heavy atom. The highest BCUT2D eigenvalue weighted by atomic mass is 16.5. The number of carbonyl (C=O) groups excluding carboxylic acids is 9. The fourth-order valence-corrected chi connectivity index (χ4v) is 7.62. The smallest absolute Gasteiger partial charge is 0.328 e. The standard InChI is InChI=1S/C46H55N7O11/c1-29-43(60)53-26-16-20-35(53)46(63)64-28-33(44(61)52-25-15-19-34(52)45(62)51(3)30(2)41(58)47-29)49-42(59)32(27-31-17-11-10-12-18-31)48-38(56)21-13-8-6-4-5-7-9-14-22-39(57)50-40-36(54)23-24-37(40)55/h4-14,17-18,21-22,29-30,32-35,54H,15-16,19-20,23-28H2,1-3H3,(H,47,58)(H,48,56)(H,49,59)(H,50,57)/t29-,30-,32-,33+,34-,35-/m0/s1. The molecule has 0 spiro atoms. The number of aliphatic hydroxyl groups is 1. The lowest BCUT2D eigenvalue weighted by molar-refractivity contribution is -0.158. The van der Waals surface area contributed by atoms with Gasteiger partial charge in [-0.3, -0.25) is 38.4 Å². The Kier molecular flexibility index (Phi) is 17.1. The van der Waals surface area contributed by atoms with Crippen LogP contribution < -0.4 is 21.3 Å². The van der Waals surface area contributed by atoms with E-state index in [0.717, 1.165) is 0 Å². The van der Waals surface area contributed by atoms with Gasteiger partial charge in [0.25, 0.3) is 0 Å². The van der Waals surface area contributed by atoms with E-state index in [9.17, 15) is 48.3 Å². The van der Waals surface area contributed by atoms with Crippen molar-refractivity contribution in [1.82, 2.24) is 36.0 Å². The number of aliphatic hydroxyl groups excluding tert-OH is 1. The molecule has 0 saturated carbocycles. The second-order valence-electron chi connectivity index (χ2n) is 15.8. The van der Waals surface area contributed by atoms with Crippen LogP contribution in [0.3, 0.4) is 0 Å². The Morgan fingerprint density at radius 2 is 1.39 bits per heavy atom. The van der Waals surface area contributed by atoms with Crippen LogP contribution in [-0.2, 0) is 54.3 Å². The Bertz CT molecular complexity index is 2160. The van der Waals surface area contributed by atoms with Gasteiger partial charge in [-0.1, -0.05) is 78.9 Å². The van der Waals surface area contributed by atoms with Crippen molar-refractivity contribution in [3.05, 3.63) is 108 Å². The average molecular weight is 882 g/mol. The summed E-state index contributed by atoms with van der Waals surface area (Å²) in [4.78, 5) is 123. The first-order valence-electron chi connectivity index (χ1n) is 21.3. The number of hydrogen-bond acceptors (Lipinski definition) is 11. The molecule has 18 nitrogen and oxygen atoms in total. The molecule has 64 heavy (non-hydrogen) atoms. The Hall–Kier alpha value is -7.11. The number of esters is 1. The predicted molar refractivity (Wildman–Crippen MR) is 232 cm³/mol. The molecule has 7 amide bonds. The van der Waals surface area contributed by atoms with Gasteiger partial charge in [-0.05, 0) is 45.1 Å². The summed E-state index contributed by atoms with van der Waals surface area (Å²) in [6.07, 6.45) is 17.0. The first-order valence-corrected chi connectivity index (χ1v) is 21.3. The van der Waals surface area contributed by atoms with Crippen molar-refractivity contribution in [2.45, 2.75) is 95.0 Å². The molecule has 18 heteroatoms. The van der Waals surface area contributed by atoms with Crippen molar-refractivity contribution in [2.24, 2.45) is 0 Å². The first kappa shape index (κ1) is 47.9. The van der Waals surface area contributed by atoms with Gasteiger partial charge in [-0.25, -0.2) is 4.79 Å². The summed E-state index contributed by atoms with van der Waals surface area (Å²) in [6.45, 7) is 2.79. The van der Waals surface area contributed by atoms with E-state index in [0.29, 0.717) is 18.4 Å². The van der Waals surface area contributed by atoms with Gasteiger partial charge in [0.05, 0.1) is 0 Å². The highest BCUT2D eigenvalue weighted by Crippen LogP contribution is 2.24. The Labute approximate surface area is 371 Å². The maximum atomic E-state index is 14.3. The third-order valence-electron chi connectivity index (χ3n) is 11.3. The molecule has 0 bridgehead atoms. The van der Waals surface area contributed by atoms with Crippen LogP contribution in [0.15, 0.2) is 103 Å². The molecule has 5 N–H and O–H groups in total. The highest BCUT2D eigenvalue weighted by molar-refractivity contribution is 6.03. The number of allylic oxidation sites excluding steroid dienone is 10. The normalized spacial score (nSPS) is 24.6. The summed E-state index contributed by atoms with van der Waals surface area (Å²) in [5.41, 5.74) is 0.617. The van der Waals surface area contributed by atoms with Crippen molar-refractivity contribution in [3.63, 3.8) is 0 Å². The number of rotatable bonds is 12. The quantitative estimate of drug-likeness (QED) is 0.113. The van der Waals surface area contributed by atoms with Crippen molar-refractivity contribution in [2.75, 3.05) is 26.7 Å². The maximum Gasteiger partial charge on any atom is 0.328 e. The number of fused-ring (bicyclic) bond motifs is 2. The zero-order valence-corrected chi connectivity index (χ0v) is 36.1. The number of likely N-dealkylation sites (N-methyl/N-ethyl adjacent to an activating group) is 1. The monoisotopic (exact) mass is 881 g/mol. The summed E-state index contributed by atoms with van der Waals surface area (Å²) in [7, 11) is 1.44. The van der Waals surface area contributed by atoms with Gasteiger partial charge < -0.3 is 45.8 Å². The van der Waals surface area contributed by atoms with E-state index in [1.807, 2.05) is 0 Å². The van der Waals surface area contributed by atoms with Crippen molar-refractivity contribution in [1.29, 1.82) is 0 Å². The van der Waals surface area contributed by atoms with Gasteiger partial charge in [-0.15, -0.1) is 0 Å². The molecular formula is C46H55N7O11. The number of nitrogens with one attached hydrogen (secondary N) is 4. The fraction of sp³-hybridized carbons (Fsp3) is 0.413. The topological polar surface area (TPSA) is 241 Å². The summed E-state index contributed by atoms with van der Waals surface area (Å²) < 4.78 is 5.66. The number of nitrogens with zero attached hydrogens (tertiary/aromatic N) is 3. The van der Waals surface area contributed by atoms with Crippen LogP contribution in [0.1, 0.15) is 57.9 Å². The van der Waals surface area contributed by atoms with Crippen LogP contribution in [-0.4, -0.2) is 136 Å². The number of Topliss-reactive ketones (excluding diaryl/α,β-unsaturated/α-hetero) is 1. The summed E-state index contributed by atoms with van der Waals surface area (Å²) in [5, 5.41) is 20.1. The SMILES string of the molecule is C[C@@H]1NC(=O)[C@H](C)N(C)C(=O)[C@@H]2CCCN2C(=O)[C@H](NC(=O)[C@H](Cc2ccccc2)NC(=O)C=CC=CC=CC=CC=CC(=O)NC2=C(O)CCC2=O)COC(=O)[C@@H]2CCCN2C1=O. The molecule has 3 aliphatic heterocycles. The lowest BCUT2D eigenvalue weighted by Crippen LogP contribution is -2.60. The summed E-state index contributed by atoms with van der Waals surface area (Å²) in [5.74, 6) is -5.50. The molecule has 1 aromatic carbocycles. The van der Waals surface area contributed by atoms with Crippen LogP contribution in [0.5, 0.6) is 0 Å². The van der Waals surface area contributed by atoms with Gasteiger partial charge in [0.15, 0.2) is 5.78 Å². The Morgan fingerprint density at radius 1 is 0.797 bits per heavy atom. The second-order valence-corrected chi connectivity index (χ2v) is 15.8. The number of amides is 7. The third kappa shape index (κ3) is 12.7. The molecule has 6 atom stereocenters. The Balaban J connectivity index is 1.27. The van der Waals surface area contributed by atoms with E-state index in [1.165, 1.54) is 59.9 Å². The summed E-state index contributed by atoms with van der Waals surface area (Å²) >= 11 is 0. The lowest BCUT2D eigenvalue weighted by atomic mass is 10.0. The molecule has 3 fully saturated rings. The number of benzene rings is 1. The molecule has 340 valence electrons. The van der Waals surface area contributed by atoms with E-state index in [1.54, 1.807) is 66.8 Å². The highest BCUT2D eigenvalue weighted by Gasteiger charge is 2.43. The van der Waals surface area contributed by atoms with Crippen LogP contribution in [0, 0.1) is 0 Å². The zero-order valence-electron chi connectivity index (χ0n) is 36.1. The van der Waals surface area contributed by atoms with Crippen LogP contribution >= 0.6 is 0 Å². The van der Waals surface area contributed by atoms with E-state index < -0.39 is 90.2 Å². The van der Waals surface area contributed by atoms with Crippen LogP contribution in [0.2, 0.25) is 0 Å². The molecule has 0 unspecified atom stereocenters. The van der Waals surface area contributed by atoms with Gasteiger partial charge >= 0.3 is 5.97 Å². The van der Waals surface area contributed by atoms with E-state index in [4.69, 9.17) is 4.74 Å². The van der Waals surface area contributed by atoms with Gasteiger partial charge in [0, 0.05) is 51.6 Å². The number of ketones is 1. The first-order chi connectivity index (χ1) is 30.7. The minimum absolute atomic E-state index is 0.0271. The van der Waals surface area contributed by atoms with Crippen LogP contribution in [0.25, 0.3) is 0 Å². The van der Waals surface area contributed by atoms with Gasteiger partial charge in [0.2, 0.25) is 41.4 Å². The van der Waals surface area contributed by atoms with Crippen LogP contribution in [0.4, 0.5) is 0 Å². The minimum atomic E-state index is -1.48. The fourth-order valence-electron chi connectivity index (χ4n) is 7.62. The van der Waals surface area contributed by atoms with Gasteiger partial charge in [-0.2, -0.15) is 0 Å². The number of hydrogen-bond donors (Lipinski definition) is 5. The number of ether oxygens (including phenoxy) is 1. The average Bonchev–Trinajstić information content (AvgIpc) is 4.05. The third-order valence-corrected chi connectivity index (χ3v) is 11.3. The molecule has 4 aliphatic rings. The molecule has 0 aromatic heterocycles. The minimum Gasteiger partial charge on any atom is -0.510 e. The molecular weight excluding hydrogens is 827 g/mol. The molecule has 1 aromatic rings. The largest absolute Gasteiger partial charge is 0.510 e. The number of carbonyl (C=O) groups is 9. The van der Waals surface area contributed by atoms with Crippen molar-refractivity contribution < 1.29 is 53.0 Å². The summed E-state index contributed by atoms with van der Waals surface area (Å²) in [6, 6.07) is 2.21. The van der Waals surface area contributed by atoms with Crippen molar-refractivity contribution >= 4 is 53.1 Å². The molecule has 3 saturated heterocycles. The van der Waals surface area contributed by atoms with Gasteiger partial charge in [0.1, 0.15) is 54.3 Å². The maximum absolute atomic E-state index is 14.3. The molecule has 3 heterocycles. The zero-order chi connectivity index (χ0) is 46.3. The second kappa shape index (κ2) is 22.8. The van der Waals surface area contributed by atoms with E-state index in [-0.39, 0.29) is 62.4 Å². The predicted octanol–water partition coefficient (Wildman–Crippen LogP) is 1.12.